The highest BCUT2D eigenvalue weighted by Crippen LogP contribution is 2.34. The van der Waals surface area contributed by atoms with Gasteiger partial charge in [-0.2, -0.15) is 5.10 Å². The molecule has 1 aromatic carbocycles. The lowest BCUT2D eigenvalue weighted by atomic mass is 9.75. The lowest BCUT2D eigenvalue weighted by Crippen LogP contribution is -2.47. The summed E-state index contributed by atoms with van der Waals surface area (Å²) in [5, 5.41) is 4.37. The molecule has 1 amide bonds. The average Bonchev–Trinajstić information content (AvgIpc) is 2.82. The number of aryl methyl sites for hydroxylation is 2. The first kappa shape index (κ1) is 14.8. The highest BCUT2D eigenvalue weighted by Gasteiger charge is 2.36. The van der Waals surface area contributed by atoms with Crippen molar-refractivity contribution in [1.82, 2.24) is 14.7 Å². The second-order valence-corrected chi connectivity index (χ2v) is 6.58. The van der Waals surface area contributed by atoms with Gasteiger partial charge < -0.3 is 4.90 Å². The number of amides is 1. The summed E-state index contributed by atoms with van der Waals surface area (Å²) in [7, 11) is 1.94. The van der Waals surface area contributed by atoms with Gasteiger partial charge in [0.2, 0.25) is 5.91 Å². The van der Waals surface area contributed by atoms with Crippen molar-refractivity contribution in [2.45, 2.75) is 38.6 Å². The van der Waals surface area contributed by atoms with Gasteiger partial charge in [0, 0.05) is 25.4 Å². The molecule has 116 valence electrons. The van der Waals surface area contributed by atoms with E-state index in [4.69, 9.17) is 0 Å². The molecular formula is C18H23N3O. The Hall–Kier alpha value is -2.10. The van der Waals surface area contributed by atoms with Crippen molar-refractivity contribution < 1.29 is 4.79 Å². The highest BCUT2D eigenvalue weighted by molar-refractivity contribution is 5.77. The Kier molecular flexibility index (Phi) is 3.77. The maximum atomic E-state index is 12.3. The van der Waals surface area contributed by atoms with Gasteiger partial charge in [-0.1, -0.05) is 37.3 Å². The molecule has 1 aliphatic heterocycles. The van der Waals surface area contributed by atoms with Crippen LogP contribution in [0.15, 0.2) is 36.4 Å². The third-order valence-corrected chi connectivity index (χ3v) is 4.71. The van der Waals surface area contributed by atoms with E-state index in [0.29, 0.717) is 13.0 Å². The third kappa shape index (κ3) is 2.78. The van der Waals surface area contributed by atoms with Crippen LogP contribution in [0.5, 0.6) is 0 Å². The summed E-state index contributed by atoms with van der Waals surface area (Å²) in [6.07, 6.45) is 1.53. The summed E-state index contributed by atoms with van der Waals surface area (Å²) in [6.45, 7) is 5.64. The number of benzene rings is 1. The van der Waals surface area contributed by atoms with E-state index in [2.05, 4.69) is 42.4 Å². The van der Waals surface area contributed by atoms with Crippen molar-refractivity contribution in [1.29, 1.82) is 0 Å². The van der Waals surface area contributed by atoms with Gasteiger partial charge >= 0.3 is 0 Å². The van der Waals surface area contributed by atoms with Crippen LogP contribution in [0.25, 0.3) is 0 Å². The van der Waals surface area contributed by atoms with Gasteiger partial charge in [0.25, 0.3) is 0 Å². The lowest BCUT2D eigenvalue weighted by Gasteiger charge is -2.40. The van der Waals surface area contributed by atoms with Crippen molar-refractivity contribution in [3.05, 3.63) is 53.3 Å². The molecule has 0 bridgehead atoms. The first-order valence-corrected chi connectivity index (χ1v) is 7.81. The number of aromatic nitrogens is 2. The molecule has 0 unspecified atom stereocenters. The summed E-state index contributed by atoms with van der Waals surface area (Å²) in [5.74, 6) is 0.243. The van der Waals surface area contributed by atoms with E-state index in [1.54, 1.807) is 0 Å². The zero-order valence-corrected chi connectivity index (χ0v) is 13.5. The minimum Gasteiger partial charge on any atom is -0.336 e. The second-order valence-electron chi connectivity index (χ2n) is 6.58. The van der Waals surface area contributed by atoms with Gasteiger partial charge in [0.05, 0.1) is 17.9 Å². The fourth-order valence-electron chi connectivity index (χ4n) is 3.36. The molecule has 4 heteroatoms. The molecule has 0 N–H and O–H groups in total. The summed E-state index contributed by atoms with van der Waals surface area (Å²) >= 11 is 0. The molecule has 1 aromatic heterocycles. The molecule has 1 aliphatic rings. The molecule has 0 spiro atoms. The van der Waals surface area contributed by atoms with E-state index in [-0.39, 0.29) is 11.3 Å². The number of carbonyl (C=O) groups excluding carboxylic acids is 1. The molecule has 3 rings (SSSR count). The largest absolute Gasteiger partial charge is 0.336 e. The van der Waals surface area contributed by atoms with Crippen LogP contribution in [0.3, 0.4) is 0 Å². The molecule has 0 aliphatic carbocycles. The number of hydrogen-bond acceptors (Lipinski definition) is 2. The van der Waals surface area contributed by atoms with Crippen LogP contribution >= 0.6 is 0 Å². The quantitative estimate of drug-likeness (QED) is 0.873. The number of nitrogens with zero attached hydrogens (tertiary/aromatic N) is 3. The van der Waals surface area contributed by atoms with Crippen molar-refractivity contribution in [2.24, 2.45) is 7.05 Å². The van der Waals surface area contributed by atoms with Crippen LogP contribution < -0.4 is 0 Å². The fourth-order valence-corrected chi connectivity index (χ4v) is 3.36. The molecule has 22 heavy (non-hydrogen) atoms. The lowest BCUT2D eigenvalue weighted by molar-refractivity contribution is -0.136. The number of carbonyl (C=O) groups is 1. The standard InChI is InChI=1S/C18H23N3O/c1-14-11-16(20(3)19-14)12-21-13-18(2,10-9-17(21)22)15-7-5-4-6-8-15/h4-8,11H,9-10,12-13H2,1-3H3/t18-/m1/s1. The third-order valence-electron chi connectivity index (χ3n) is 4.71. The Labute approximate surface area is 131 Å². The van der Waals surface area contributed by atoms with Gasteiger partial charge in [-0.05, 0) is 25.0 Å². The number of piperidine rings is 1. The molecule has 4 nitrogen and oxygen atoms in total. The van der Waals surface area contributed by atoms with Crippen molar-refractivity contribution in [3.63, 3.8) is 0 Å². The van der Waals surface area contributed by atoms with E-state index in [1.165, 1.54) is 5.56 Å². The van der Waals surface area contributed by atoms with Gasteiger partial charge in [-0.3, -0.25) is 9.48 Å². The normalized spacial score (nSPS) is 22.1. The van der Waals surface area contributed by atoms with Crippen LogP contribution in [0.2, 0.25) is 0 Å². The van der Waals surface area contributed by atoms with Gasteiger partial charge in [0.1, 0.15) is 0 Å². The fraction of sp³-hybridized carbons (Fsp3) is 0.444. The zero-order chi connectivity index (χ0) is 15.7. The summed E-state index contributed by atoms with van der Waals surface area (Å²) in [4.78, 5) is 14.3. The molecule has 2 heterocycles. The minimum atomic E-state index is 0.0306. The molecule has 1 saturated heterocycles. The van der Waals surface area contributed by atoms with E-state index in [9.17, 15) is 4.79 Å². The van der Waals surface area contributed by atoms with Gasteiger partial charge in [-0.15, -0.1) is 0 Å². The molecule has 1 atom stereocenters. The SMILES string of the molecule is Cc1cc(CN2C[C@](C)(c3ccccc3)CCC2=O)n(C)n1. The maximum Gasteiger partial charge on any atom is 0.222 e. The Morgan fingerprint density at radius 2 is 2.00 bits per heavy atom. The Morgan fingerprint density at radius 3 is 2.64 bits per heavy atom. The predicted molar refractivity (Wildman–Crippen MR) is 86.4 cm³/mol. The summed E-state index contributed by atoms with van der Waals surface area (Å²) in [5.41, 5.74) is 3.42. The van der Waals surface area contributed by atoms with E-state index < -0.39 is 0 Å². The molecule has 0 radical (unpaired) electrons. The molecule has 0 saturated carbocycles. The summed E-state index contributed by atoms with van der Waals surface area (Å²) in [6, 6.07) is 12.6. The second kappa shape index (κ2) is 5.59. The Balaban J connectivity index is 1.82. The number of likely N-dealkylation sites (tertiary alicyclic amines) is 1. The van der Waals surface area contributed by atoms with E-state index in [0.717, 1.165) is 24.4 Å². The Bertz CT molecular complexity index is 677. The van der Waals surface area contributed by atoms with Crippen LogP contribution in [0.1, 0.15) is 36.7 Å². The zero-order valence-electron chi connectivity index (χ0n) is 13.5. The van der Waals surface area contributed by atoms with Crippen molar-refractivity contribution in [3.8, 4) is 0 Å². The first-order chi connectivity index (χ1) is 10.5. The van der Waals surface area contributed by atoms with E-state index in [1.807, 2.05) is 29.6 Å². The van der Waals surface area contributed by atoms with Gasteiger partial charge in [-0.25, -0.2) is 0 Å². The van der Waals surface area contributed by atoms with Crippen LogP contribution in [0, 0.1) is 6.92 Å². The monoisotopic (exact) mass is 297 g/mol. The topological polar surface area (TPSA) is 38.1 Å². The van der Waals surface area contributed by atoms with Crippen LogP contribution in [-0.4, -0.2) is 27.1 Å². The molecule has 1 fully saturated rings. The predicted octanol–water partition coefficient (Wildman–Crippen LogP) is 2.81. The number of hydrogen-bond donors (Lipinski definition) is 0. The number of rotatable bonds is 3. The minimum absolute atomic E-state index is 0.0306. The highest BCUT2D eigenvalue weighted by atomic mass is 16.2. The van der Waals surface area contributed by atoms with E-state index >= 15 is 0 Å². The molecule has 2 aromatic rings. The van der Waals surface area contributed by atoms with Crippen LogP contribution in [-0.2, 0) is 23.8 Å². The first-order valence-electron chi connectivity index (χ1n) is 7.81. The maximum absolute atomic E-state index is 12.3. The van der Waals surface area contributed by atoms with Crippen molar-refractivity contribution in [2.75, 3.05) is 6.54 Å². The summed E-state index contributed by atoms with van der Waals surface area (Å²) < 4.78 is 1.87. The van der Waals surface area contributed by atoms with Crippen LogP contribution in [0.4, 0.5) is 0 Å². The van der Waals surface area contributed by atoms with Crippen molar-refractivity contribution >= 4 is 5.91 Å². The smallest absolute Gasteiger partial charge is 0.222 e. The van der Waals surface area contributed by atoms with Gasteiger partial charge in [0.15, 0.2) is 0 Å². The average molecular weight is 297 g/mol. The Morgan fingerprint density at radius 1 is 1.27 bits per heavy atom. The molecular weight excluding hydrogens is 274 g/mol.